The Balaban J connectivity index is 0.000000170. The summed E-state index contributed by atoms with van der Waals surface area (Å²) in [5, 5.41) is 0. The van der Waals surface area contributed by atoms with Crippen molar-refractivity contribution >= 4 is 11.8 Å². The van der Waals surface area contributed by atoms with Crippen molar-refractivity contribution in [2.75, 3.05) is 20.2 Å². The fourth-order valence-corrected chi connectivity index (χ4v) is 6.06. The number of hydrogen-bond donors (Lipinski definition) is 1. The van der Waals surface area contributed by atoms with Crippen LogP contribution in [0.15, 0.2) is 11.1 Å². The highest BCUT2D eigenvalue weighted by Crippen LogP contribution is 2.34. The second-order valence-corrected chi connectivity index (χ2v) is 9.71. The molecule has 4 aliphatic rings. The molecule has 29 heavy (non-hydrogen) atoms. The van der Waals surface area contributed by atoms with Crippen molar-refractivity contribution in [2.45, 2.75) is 103 Å². The third-order valence-corrected chi connectivity index (χ3v) is 7.68. The molecule has 0 spiro atoms. The summed E-state index contributed by atoms with van der Waals surface area (Å²) in [7, 11) is 1.38. The molecule has 3 aliphatic carbocycles. The van der Waals surface area contributed by atoms with Crippen molar-refractivity contribution in [1.29, 1.82) is 0 Å². The van der Waals surface area contributed by atoms with E-state index in [2.05, 4.69) is 4.74 Å². The fourth-order valence-electron chi connectivity index (χ4n) is 6.06. The number of allylic oxidation sites excluding steroid dienone is 1. The van der Waals surface area contributed by atoms with Gasteiger partial charge in [0.2, 0.25) is 0 Å². The maximum Gasteiger partial charge on any atom is 0.308 e. The fraction of sp³-hybridized carbons (Fsp3) is 0.840. The van der Waals surface area contributed by atoms with E-state index >= 15 is 0 Å². The van der Waals surface area contributed by atoms with Gasteiger partial charge in [-0.05, 0) is 82.6 Å². The van der Waals surface area contributed by atoms with E-state index in [9.17, 15) is 9.59 Å². The molecule has 3 unspecified atom stereocenters. The van der Waals surface area contributed by atoms with Crippen molar-refractivity contribution in [3.05, 3.63) is 11.1 Å². The average molecular weight is 405 g/mol. The Kier molecular flexibility index (Phi) is 8.77. The van der Waals surface area contributed by atoms with E-state index in [0.29, 0.717) is 18.6 Å². The molecule has 0 bridgehead atoms. The topological polar surface area (TPSA) is 47.8 Å². The van der Waals surface area contributed by atoms with Crippen LogP contribution in [-0.4, -0.2) is 38.0 Å². The maximum atomic E-state index is 11.3. The first kappa shape index (κ1) is 22.5. The van der Waals surface area contributed by atoms with Crippen LogP contribution in [0.2, 0.25) is 0 Å². The number of ketones is 1. The Morgan fingerprint density at radius 2 is 1.66 bits per heavy atom. The molecule has 4 fully saturated rings. The zero-order valence-corrected chi connectivity index (χ0v) is 18.8. The number of quaternary nitrogens is 1. The van der Waals surface area contributed by atoms with E-state index < -0.39 is 0 Å². The van der Waals surface area contributed by atoms with Crippen LogP contribution in [0.4, 0.5) is 0 Å². The van der Waals surface area contributed by atoms with Crippen LogP contribution in [0, 0.1) is 11.8 Å². The second-order valence-electron chi connectivity index (χ2n) is 9.71. The van der Waals surface area contributed by atoms with Gasteiger partial charge in [0, 0.05) is 18.8 Å². The van der Waals surface area contributed by atoms with E-state index in [1.807, 2.05) is 23.0 Å². The lowest BCUT2D eigenvalue weighted by molar-refractivity contribution is -0.924. The second kappa shape index (κ2) is 11.3. The number of nitrogens with one attached hydrogen (secondary N) is 1. The summed E-state index contributed by atoms with van der Waals surface area (Å²) in [5.41, 5.74) is 3.81. The lowest BCUT2D eigenvalue weighted by Crippen LogP contribution is -3.16. The minimum atomic E-state index is -0.209. The van der Waals surface area contributed by atoms with Gasteiger partial charge in [-0.15, -0.1) is 0 Å². The van der Waals surface area contributed by atoms with Gasteiger partial charge in [0.1, 0.15) is 11.8 Å². The zero-order chi connectivity index (χ0) is 20.6. The predicted molar refractivity (Wildman–Crippen MR) is 116 cm³/mol. The Bertz CT molecular complexity index is 583. The van der Waals surface area contributed by atoms with Gasteiger partial charge in [-0.2, -0.15) is 0 Å². The molecule has 0 amide bonds. The van der Waals surface area contributed by atoms with E-state index in [1.54, 1.807) is 0 Å². The first-order valence-corrected chi connectivity index (χ1v) is 12.3. The smallest absolute Gasteiger partial charge is 0.308 e. The molecule has 1 aliphatic heterocycles. The Morgan fingerprint density at radius 3 is 2.28 bits per heavy atom. The predicted octanol–water partition coefficient (Wildman–Crippen LogP) is 4.03. The lowest BCUT2D eigenvalue weighted by Gasteiger charge is -2.30. The molecule has 4 rings (SSSR count). The first-order valence-electron chi connectivity index (χ1n) is 12.3. The summed E-state index contributed by atoms with van der Waals surface area (Å²) in [6, 6.07) is 0.952. The number of Topliss-reactive ketones (excluding diaryl/α,β-unsaturated/α-hetero) is 1. The van der Waals surface area contributed by atoms with Crippen molar-refractivity contribution in [2.24, 2.45) is 11.8 Å². The highest BCUT2D eigenvalue weighted by Gasteiger charge is 2.33. The van der Waals surface area contributed by atoms with Gasteiger partial charge in [0.15, 0.2) is 0 Å². The van der Waals surface area contributed by atoms with Crippen LogP contribution >= 0.6 is 0 Å². The van der Waals surface area contributed by atoms with Crippen LogP contribution in [0.25, 0.3) is 0 Å². The Hall–Kier alpha value is -1.16. The molecule has 4 heteroatoms. The molecule has 1 heterocycles. The molecule has 3 saturated carbocycles. The summed E-state index contributed by atoms with van der Waals surface area (Å²) in [6.07, 6.45) is 18.0. The van der Waals surface area contributed by atoms with Crippen LogP contribution in [0.5, 0.6) is 0 Å². The van der Waals surface area contributed by atoms with Crippen LogP contribution in [-0.2, 0) is 14.3 Å². The molecule has 3 atom stereocenters. The van der Waals surface area contributed by atoms with Gasteiger partial charge in [-0.3, -0.25) is 9.59 Å². The molecular weight excluding hydrogens is 362 g/mol. The molecule has 0 aromatic rings. The van der Waals surface area contributed by atoms with E-state index in [0.717, 1.165) is 18.9 Å². The molecule has 164 valence electrons. The van der Waals surface area contributed by atoms with Crippen LogP contribution < -0.4 is 4.90 Å². The van der Waals surface area contributed by atoms with E-state index in [1.165, 1.54) is 84.4 Å². The van der Waals surface area contributed by atoms with Gasteiger partial charge in [-0.1, -0.05) is 12.5 Å². The van der Waals surface area contributed by atoms with Gasteiger partial charge in [0.25, 0.3) is 0 Å². The minimum Gasteiger partial charge on any atom is -0.469 e. The van der Waals surface area contributed by atoms with Crippen molar-refractivity contribution in [3.63, 3.8) is 0 Å². The summed E-state index contributed by atoms with van der Waals surface area (Å²) in [6.45, 7) is 4.74. The largest absolute Gasteiger partial charge is 0.469 e. The lowest BCUT2D eigenvalue weighted by atomic mass is 9.94. The van der Waals surface area contributed by atoms with Crippen molar-refractivity contribution < 1.29 is 19.2 Å². The van der Waals surface area contributed by atoms with E-state index in [-0.39, 0.29) is 17.8 Å². The Labute approximate surface area is 177 Å². The number of likely N-dealkylation sites (tertiary alicyclic amines) is 1. The summed E-state index contributed by atoms with van der Waals surface area (Å²) < 4.78 is 4.61. The molecule has 1 saturated heterocycles. The average Bonchev–Trinajstić information content (AvgIpc) is 3.50. The number of rotatable bonds is 4. The van der Waals surface area contributed by atoms with Gasteiger partial charge in [0.05, 0.1) is 26.1 Å². The van der Waals surface area contributed by atoms with Crippen molar-refractivity contribution in [1.82, 2.24) is 0 Å². The highest BCUT2D eigenvalue weighted by atomic mass is 16.5. The van der Waals surface area contributed by atoms with Crippen LogP contribution in [0.1, 0.15) is 96.8 Å². The number of carbonyl (C=O) groups is 2. The quantitative estimate of drug-likeness (QED) is 0.568. The van der Waals surface area contributed by atoms with E-state index in [4.69, 9.17) is 0 Å². The standard InChI is InChI=1S/C15H25N.C10H16O3/c1-4-11-16(12-5-1)15-10-6-9-14(15)13-7-2-3-8-13;1-7(10(12)13-2)6-8-4-3-5-9(8)11/h15H,1-12H2;7-8H,3-6H2,1-2H3/p+1. The first-order chi connectivity index (χ1) is 14.1. The monoisotopic (exact) mass is 404 g/mol. The van der Waals surface area contributed by atoms with Gasteiger partial charge in [-0.25, -0.2) is 0 Å². The third kappa shape index (κ3) is 6.16. The molecular formula is C25H42NO3+. The SMILES string of the molecule is C1CC[NH+](C2CCCC2=C2CCCC2)CC1.COC(=O)C(C)CC1CCCC1=O. The van der Waals surface area contributed by atoms with Gasteiger partial charge >= 0.3 is 5.97 Å². The van der Waals surface area contributed by atoms with Crippen molar-refractivity contribution in [3.8, 4) is 0 Å². The molecule has 1 N–H and O–H groups in total. The number of ether oxygens (including phenoxy) is 1. The molecule has 0 aromatic carbocycles. The number of esters is 1. The minimum absolute atomic E-state index is 0.106. The maximum absolute atomic E-state index is 11.3. The summed E-state index contributed by atoms with van der Waals surface area (Å²) in [5.74, 6) is 0.0709. The van der Waals surface area contributed by atoms with Gasteiger partial charge < -0.3 is 9.64 Å². The molecule has 0 radical (unpaired) electrons. The normalized spacial score (nSPS) is 29.0. The third-order valence-electron chi connectivity index (χ3n) is 7.68. The number of piperidine rings is 1. The number of methoxy groups -OCH3 is 1. The number of carbonyl (C=O) groups excluding carboxylic acids is 2. The number of hydrogen-bond acceptors (Lipinski definition) is 3. The molecule has 0 aromatic heterocycles. The highest BCUT2D eigenvalue weighted by molar-refractivity contribution is 5.83. The molecule has 4 nitrogen and oxygen atoms in total. The Morgan fingerprint density at radius 1 is 0.966 bits per heavy atom. The summed E-state index contributed by atoms with van der Waals surface area (Å²) in [4.78, 5) is 24.3. The summed E-state index contributed by atoms with van der Waals surface area (Å²) >= 11 is 0. The van der Waals surface area contributed by atoms with Crippen LogP contribution in [0.3, 0.4) is 0 Å². The zero-order valence-electron chi connectivity index (χ0n) is 18.8.